The van der Waals surface area contributed by atoms with Crippen LogP contribution < -0.4 is 10.1 Å². The molecule has 0 aliphatic carbocycles. The molecule has 2 heterocycles. The van der Waals surface area contributed by atoms with Gasteiger partial charge in [0.15, 0.2) is 6.10 Å². The molecule has 1 unspecified atom stereocenters. The normalized spacial score (nSPS) is 12.6. The largest absolute Gasteiger partial charge is 0.439 e. The standard InChI is InChI=1S/C19H22N4O3/c1-19(2,3)17(26-18(24)20-4)15-10-16(23-11-22-15)25-13-5-6-14-12(9-13)7-8-21-14/h5-11,17,21H,1-4H3,(H,20,24). The van der Waals surface area contributed by atoms with Gasteiger partial charge in [0.05, 0.1) is 5.69 Å². The zero-order valence-electron chi connectivity index (χ0n) is 15.2. The SMILES string of the molecule is CNC(=O)OC(c1cc(Oc2ccc3[nH]ccc3c2)ncn1)C(C)(C)C. The second-order valence-corrected chi connectivity index (χ2v) is 7.01. The van der Waals surface area contributed by atoms with Crippen molar-refractivity contribution in [2.45, 2.75) is 26.9 Å². The Hall–Kier alpha value is -3.09. The number of fused-ring (bicyclic) bond motifs is 1. The molecule has 1 amide bonds. The van der Waals surface area contributed by atoms with Gasteiger partial charge in [0, 0.05) is 35.6 Å². The van der Waals surface area contributed by atoms with E-state index in [1.807, 2.05) is 51.2 Å². The lowest BCUT2D eigenvalue weighted by Gasteiger charge is -2.29. The smallest absolute Gasteiger partial charge is 0.407 e. The zero-order chi connectivity index (χ0) is 18.7. The number of carbonyl (C=O) groups is 1. The Kier molecular flexibility index (Phi) is 4.79. The van der Waals surface area contributed by atoms with E-state index >= 15 is 0 Å². The highest BCUT2D eigenvalue weighted by atomic mass is 16.6. The Balaban J connectivity index is 1.86. The van der Waals surface area contributed by atoms with Crippen molar-refractivity contribution in [2.75, 3.05) is 7.05 Å². The van der Waals surface area contributed by atoms with Crippen LogP contribution >= 0.6 is 0 Å². The van der Waals surface area contributed by atoms with Gasteiger partial charge in [0.2, 0.25) is 5.88 Å². The van der Waals surface area contributed by atoms with Crippen LogP contribution in [0.3, 0.4) is 0 Å². The second-order valence-electron chi connectivity index (χ2n) is 7.01. The fourth-order valence-electron chi connectivity index (χ4n) is 2.62. The van der Waals surface area contributed by atoms with Crippen LogP contribution in [-0.2, 0) is 4.74 Å². The summed E-state index contributed by atoms with van der Waals surface area (Å²) in [5, 5.41) is 3.52. The van der Waals surface area contributed by atoms with Crippen LogP contribution in [0.5, 0.6) is 11.6 Å². The van der Waals surface area contributed by atoms with Crippen molar-refractivity contribution >= 4 is 17.0 Å². The maximum absolute atomic E-state index is 11.7. The highest BCUT2D eigenvalue weighted by molar-refractivity contribution is 5.80. The Morgan fingerprint density at radius 1 is 1.19 bits per heavy atom. The monoisotopic (exact) mass is 354 g/mol. The van der Waals surface area contributed by atoms with E-state index in [0.29, 0.717) is 17.3 Å². The number of H-pyrrole nitrogens is 1. The molecular formula is C19H22N4O3. The van der Waals surface area contributed by atoms with E-state index in [4.69, 9.17) is 9.47 Å². The Bertz CT molecular complexity index is 914. The summed E-state index contributed by atoms with van der Waals surface area (Å²) in [4.78, 5) is 23.3. The van der Waals surface area contributed by atoms with Crippen molar-refractivity contribution < 1.29 is 14.3 Å². The highest BCUT2D eigenvalue weighted by Gasteiger charge is 2.31. The topological polar surface area (TPSA) is 89.1 Å². The minimum absolute atomic E-state index is 0.345. The molecule has 2 N–H and O–H groups in total. The summed E-state index contributed by atoms with van der Waals surface area (Å²) < 4.78 is 11.4. The average Bonchev–Trinajstić information content (AvgIpc) is 3.06. The van der Waals surface area contributed by atoms with Crippen molar-refractivity contribution in [1.82, 2.24) is 20.3 Å². The summed E-state index contributed by atoms with van der Waals surface area (Å²) in [5.41, 5.74) is 1.27. The summed E-state index contributed by atoms with van der Waals surface area (Å²) in [6, 6.07) is 9.40. The Morgan fingerprint density at radius 2 is 2.00 bits per heavy atom. The number of carbonyl (C=O) groups excluding carboxylic acids is 1. The van der Waals surface area contributed by atoms with Gasteiger partial charge >= 0.3 is 6.09 Å². The van der Waals surface area contributed by atoms with Crippen molar-refractivity contribution in [1.29, 1.82) is 0 Å². The summed E-state index contributed by atoms with van der Waals surface area (Å²) >= 11 is 0. The van der Waals surface area contributed by atoms with E-state index in [2.05, 4.69) is 20.3 Å². The first-order valence-corrected chi connectivity index (χ1v) is 8.32. The Morgan fingerprint density at radius 3 is 2.73 bits per heavy atom. The fraction of sp³-hybridized carbons (Fsp3) is 0.316. The number of rotatable bonds is 4. The summed E-state index contributed by atoms with van der Waals surface area (Å²) in [7, 11) is 1.52. The fourth-order valence-corrected chi connectivity index (χ4v) is 2.62. The molecule has 136 valence electrons. The van der Waals surface area contributed by atoms with Crippen LogP contribution in [0, 0.1) is 5.41 Å². The van der Waals surface area contributed by atoms with E-state index in [1.165, 1.54) is 13.4 Å². The maximum atomic E-state index is 11.7. The van der Waals surface area contributed by atoms with Crippen LogP contribution in [0.15, 0.2) is 42.9 Å². The molecule has 3 aromatic rings. The molecule has 1 aromatic carbocycles. The van der Waals surface area contributed by atoms with Crippen LogP contribution in [0.25, 0.3) is 10.9 Å². The van der Waals surface area contributed by atoms with E-state index in [9.17, 15) is 4.79 Å². The second kappa shape index (κ2) is 7.03. The summed E-state index contributed by atoms with van der Waals surface area (Å²) in [6.07, 6.45) is 2.23. The van der Waals surface area contributed by atoms with E-state index in [1.54, 1.807) is 6.07 Å². The molecule has 1 atom stereocenters. The third-order valence-corrected chi connectivity index (χ3v) is 3.89. The molecule has 7 heteroatoms. The number of ether oxygens (including phenoxy) is 2. The quantitative estimate of drug-likeness (QED) is 0.733. The van der Waals surface area contributed by atoms with Crippen molar-refractivity contribution in [2.24, 2.45) is 5.41 Å². The molecule has 0 spiro atoms. The molecular weight excluding hydrogens is 332 g/mol. The molecule has 0 radical (unpaired) electrons. The van der Waals surface area contributed by atoms with Gasteiger partial charge in [-0.2, -0.15) is 0 Å². The number of hydrogen-bond acceptors (Lipinski definition) is 5. The number of nitrogens with zero attached hydrogens (tertiary/aromatic N) is 2. The number of nitrogens with one attached hydrogen (secondary N) is 2. The number of hydrogen-bond donors (Lipinski definition) is 2. The predicted molar refractivity (Wildman–Crippen MR) is 98.1 cm³/mol. The summed E-state index contributed by atoms with van der Waals surface area (Å²) in [6.45, 7) is 5.93. The highest BCUT2D eigenvalue weighted by Crippen LogP contribution is 2.36. The lowest BCUT2D eigenvalue weighted by atomic mass is 9.87. The molecule has 0 bridgehead atoms. The molecule has 3 rings (SSSR count). The number of alkyl carbamates (subject to hydrolysis) is 1. The van der Waals surface area contributed by atoms with E-state index in [-0.39, 0.29) is 5.41 Å². The first kappa shape index (κ1) is 17.7. The number of aromatic nitrogens is 3. The first-order chi connectivity index (χ1) is 12.4. The van der Waals surface area contributed by atoms with Gasteiger partial charge in [-0.1, -0.05) is 20.8 Å². The third-order valence-electron chi connectivity index (χ3n) is 3.89. The van der Waals surface area contributed by atoms with Gasteiger partial charge in [-0.05, 0) is 24.3 Å². The maximum Gasteiger partial charge on any atom is 0.407 e. The molecule has 0 saturated heterocycles. The first-order valence-electron chi connectivity index (χ1n) is 8.32. The zero-order valence-corrected chi connectivity index (χ0v) is 15.2. The number of aromatic amines is 1. The minimum atomic E-state index is -0.542. The Labute approximate surface area is 151 Å². The van der Waals surface area contributed by atoms with Gasteiger partial charge in [0.1, 0.15) is 12.1 Å². The molecule has 0 saturated carbocycles. The van der Waals surface area contributed by atoms with Gasteiger partial charge in [-0.25, -0.2) is 14.8 Å². The van der Waals surface area contributed by atoms with E-state index < -0.39 is 12.2 Å². The van der Waals surface area contributed by atoms with Crippen LogP contribution in [0.2, 0.25) is 0 Å². The molecule has 26 heavy (non-hydrogen) atoms. The van der Waals surface area contributed by atoms with Gasteiger partial charge < -0.3 is 19.8 Å². The number of benzene rings is 1. The minimum Gasteiger partial charge on any atom is -0.439 e. The predicted octanol–water partition coefficient (Wildman–Crippen LogP) is 4.19. The van der Waals surface area contributed by atoms with Gasteiger partial charge in [-0.3, -0.25) is 0 Å². The molecule has 7 nitrogen and oxygen atoms in total. The van der Waals surface area contributed by atoms with Crippen molar-refractivity contribution in [3.8, 4) is 11.6 Å². The van der Waals surface area contributed by atoms with Crippen LogP contribution in [0.1, 0.15) is 32.6 Å². The van der Waals surface area contributed by atoms with Gasteiger partial charge in [0.25, 0.3) is 0 Å². The lowest BCUT2D eigenvalue weighted by molar-refractivity contribution is 0.0284. The van der Waals surface area contributed by atoms with Crippen molar-refractivity contribution in [3.63, 3.8) is 0 Å². The van der Waals surface area contributed by atoms with Crippen LogP contribution in [-0.4, -0.2) is 28.1 Å². The molecule has 0 aliphatic heterocycles. The van der Waals surface area contributed by atoms with Gasteiger partial charge in [-0.15, -0.1) is 0 Å². The molecule has 0 fully saturated rings. The lowest BCUT2D eigenvalue weighted by Crippen LogP contribution is -2.29. The number of amides is 1. The summed E-state index contributed by atoms with van der Waals surface area (Å²) in [5.74, 6) is 1.06. The molecule has 2 aromatic heterocycles. The van der Waals surface area contributed by atoms with Crippen molar-refractivity contribution in [3.05, 3.63) is 48.5 Å². The van der Waals surface area contributed by atoms with Crippen LogP contribution in [0.4, 0.5) is 4.79 Å². The van der Waals surface area contributed by atoms with E-state index in [0.717, 1.165) is 10.9 Å². The average molecular weight is 354 g/mol. The third kappa shape index (κ3) is 3.93. The molecule has 0 aliphatic rings.